The van der Waals surface area contributed by atoms with Crippen molar-refractivity contribution in [3.05, 3.63) is 53.6 Å². The smallest absolute Gasteiger partial charge is 0.240 e. The number of anilines is 2. The van der Waals surface area contributed by atoms with Gasteiger partial charge in [0.2, 0.25) is 11.8 Å². The molecule has 1 saturated carbocycles. The highest BCUT2D eigenvalue weighted by Crippen LogP contribution is 2.48. The molecule has 136 valence electrons. The van der Waals surface area contributed by atoms with E-state index >= 15 is 0 Å². The quantitative estimate of drug-likeness (QED) is 0.800. The number of para-hydroxylation sites is 1. The van der Waals surface area contributed by atoms with Crippen LogP contribution in [0.3, 0.4) is 0 Å². The molecular weight excluding hydrogens is 342 g/mol. The lowest BCUT2D eigenvalue weighted by atomic mass is 10.0. The number of methoxy groups -OCH3 is 1. The van der Waals surface area contributed by atoms with Gasteiger partial charge in [-0.3, -0.25) is 9.59 Å². The van der Waals surface area contributed by atoms with E-state index in [0.717, 1.165) is 17.7 Å². The van der Waals surface area contributed by atoms with Crippen molar-refractivity contribution >= 4 is 23.2 Å². The van der Waals surface area contributed by atoms with E-state index < -0.39 is 34.6 Å². The molecule has 26 heavy (non-hydrogen) atoms. The van der Waals surface area contributed by atoms with Gasteiger partial charge < -0.3 is 15.4 Å². The molecule has 0 aromatic heterocycles. The summed E-state index contributed by atoms with van der Waals surface area (Å²) in [5.74, 6) is -2.59. The molecule has 0 heterocycles. The van der Waals surface area contributed by atoms with E-state index in [-0.39, 0.29) is 0 Å². The van der Waals surface area contributed by atoms with E-state index in [0.29, 0.717) is 24.3 Å². The van der Waals surface area contributed by atoms with Crippen molar-refractivity contribution in [2.24, 2.45) is 5.41 Å². The molecule has 1 fully saturated rings. The highest BCUT2D eigenvalue weighted by molar-refractivity contribution is 6.17. The van der Waals surface area contributed by atoms with Gasteiger partial charge in [0.05, 0.1) is 12.8 Å². The van der Waals surface area contributed by atoms with Gasteiger partial charge in [0.1, 0.15) is 28.5 Å². The van der Waals surface area contributed by atoms with Crippen molar-refractivity contribution in [2.75, 3.05) is 17.7 Å². The lowest BCUT2D eigenvalue weighted by molar-refractivity contribution is -0.131. The molecule has 1 aliphatic rings. The molecule has 1 aliphatic carbocycles. The second kappa shape index (κ2) is 6.74. The number of nitrogens with one attached hydrogen (secondary N) is 2. The first-order chi connectivity index (χ1) is 12.4. The van der Waals surface area contributed by atoms with Crippen LogP contribution in [0.4, 0.5) is 20.2 Å². The normalized spacial score (nSPS) is 14.5. The zero-order valence-electron chi connectivity index (χ0n) is 14.4. The van der Waals surface area contributed by atoms with Gasteiger partial charge in [-0.25, -0.2) is 8.78 Å². The zero-order valence-corrected chi connectivity index (χ0v) is 14.4. The van der Waals surface area contributed by atoms with Crippen LogP contribution in [0.2, 0.25) is 0 Å². The molecule has 0 unspecified atom stereocenters. The Morgan fingerprint density at radius 3 is 2.23 bits per heavy atom. The summed E-state index contributed by atoms with van der Waals surface area (Å²) in [6.45, 7) is 1.86. The number of aryl methyl sites for hydroxylation is 1. The summed E-state index contributed by atoms with van der Waals surface area (Å²) in [5.41, 5.74) is -0.550. The predicted octanol–water partition coefficient (Wildman–Crippen LogP) is 3.64. The maximum absolute atomic E-state index is 13.7. The fourth-order valence-electron chi connectivity index (χ4n) is 2.69. The lowest BCUT2D eigenvalue weighted by Gasteiger charge is -2.17. The van der Waals surface area contributed by atoms with E-state index in [9.17, 15) is 18.4 Å². The summed E-state index contributed by atoms with van der Waals surface area (Å²) < 4.78 is 32.7. The van der Waals surface area contributed by atoms with Crippen LogP contribution in [0.5, 0.6) is 5.75 Å². The Labute approximate surface area is 149 Å². The number of carbonyl (C=O) groups excluding carboxylic acids is 2. The molecule has 2 aromatic rings. The molecule has 2 N–H and O–H groups in total. The molecule has 0 saturated heterocycles. The van der Waals surface area contributed by atoms with Crippen LogP contribution < -0.4 is 15.4 Å². The maximum Gasteiger partial charge on any atom is 0.240 e. The van der Waals surface area contributed by atoms with Crippen molar-refractivity contribution in [1.82, 2.24) is 0 Å². The average molecular weight is 360 g/mol. The van der Waals surface area contributed by atoms with Crippen LogP contribution in [-0.2, 0) is 9.59 Å². The third-order valence-electron chi connectivity index (χ3n) is 4.42. The Balaban J connectivity index is 1.79. The Hall–Kier alpha value is -2.96. The van der Waals surface area contributed by atoms with E-state index in [1.165, 1.54) is 13.2 Å². The zero-order chi connectivity index (χ0) is 18.9. The van der Waals surface area contributed by atoms with Gasteiger partial charge in [-0.2, -0.15) is 0 Å². The number of carbonyl (C=O) groups is 2. The second-order valence-electron chi connectivity index (χ2n) is 6.29. The van der Waals surface area contributed by atoms with E-state index in [2.05, 4.69) is 10.6 Å². The first-order valence-electron chi connectivity index (χ1n) is 8.09. The Kier molecular flexibility index (Phi) is 4.63. The summed E-state index contributed by atoms with van der Waals surface area (Å²) in [4.78, 5) is 25.2. The highest BCUT2D eigenvalue weighted by atomic mass is 19.1. The Bertz CT molecular complexity index is 859. The fraction of sp³-hybridized carbons (Fsp3) is 0.263. The molecule has 3 rings (SSSR count). The van der Waals surface area contributed by atoms with Crippen molar-refractivity contribution < 1.29 is 23.1 Å². The molecular formula is C19H18F2N2O3. The van der Waals surface area contributed by atoms with Crippen LogP contribution in [-0.4, -0.2) is 18.9 Å². The predicted molar refractivity (Wildman–Crippen MR) is 93.0 cm³/mol. The van der Waals surface area contributed by atoms with E-state index in [1.807, 2.05) is 13.0 Å². The molecule has 5 nitrogen and oxygen atoms in total. The van der Waals surface area contributed by atoms with Crippen molar-refractivity contribution in [3.8, 4) is 5.75 Å². The third-order valence-corrected chi connectivity index (χ3v) is 4.42. The molecule has 0 spiro atoms. The number of ether oxygens (including phenoxy) is 1. The standard InChI is InChI=1S/C19H18F2N2O3/c1-11-6-7-15(26-2)14(10-11)22-17(24)19(8-9-19)18(25)23-16-12(20)4-3-5-13(16)21/h3-7,10H,8-9H2,1-2H3,(H,22,24)(H,23,25). The number of amides is 2. The summed E-state index contributed by atoms with van der Waals surface area (Å²) in [7, 11) is 1.47. The van der Waals surface area contributed by atoms with Crippen molar-refractivity contribution in [3.63, 3.8) is 0 Å². The number of hydrogen-bond acceptors (Lipinski definition) is 3. The van der Waals surface area contributed by atoms with Crippen LogP contribution >= 0.6 is 0 Å². The second-order valence-corrected chi connectivity index (χ2v) is 6.29. The average Bonchev–Trinajstić information content (AvgIpc) is 3.40. The minimum absolute atomic E-state index is 0.300. The summed E-state index contributed by atoms with van der Waals surface area (Å²) in [6, 6.07) is 8.53. The lowest BCUT2D eigenvalue weighted by Crippen LogP contribution is -2.36. The van der Waals surface area contributed by atoms with E-state index in [4.69, 9.17) is 4.74 Å². The van der Waals surface area contributed by atoms with Gasteiger partial charge in [0, 0.05) is 0 Å². The molecule has 2 amide bonds. The Morgan fingerprint density at radius 2 is 1.65 bits per heavy atom. The van der Waals surface area contributed by atoms with Gasteiger partial charge in [-0.05, 0) is 49.6 Å². The number of hydrogen-bond donors (Lipinski definition) is 2. The number of benzene rings is 2. The van der Waals surface area contributed by atoms with Crippen LogP contribution in [0.1, 0.15) is 18.4 Å². The maximum atomic E-state index is 13.7. The molecule has 0 atom stereocenters. The first kappa shape index (κ1) is 17.8. The third kappa shape index (κ3) is 3.24. The summed E-state index contributed by atoms with van der Waals surface area (Å²) >= 11 is 0. The van der Waals surface area contributed by atoms with Gasteiger partial charge in [-0.15, -0.1) is 0 Å². The Morgan fingerprint density at radius 1 is 1.04 bits per heavy atom. The van der Waals surface area contributed by atoms with Gasteiger partial charge in [0.15, 0.2) is 0 Å². The van der Waals surface area contributed by atoms with Gasteiger partial charge >= 0.3 is 0 Å². The largest absolute Gasteiger partial charge is 0.495 e. The first-order valence-corrected chi connectivity index (χ1v) is 8.09. The minimum atomic E-state index is -1.34. The number of halogens is 2. The van der Waals surface area contributed by atoms with Crippen molar-refractivity contribution in [2.45, 2.75) is 19.8 Å². The molecule has 0 radical (unpaired) electrons. The summed E-state index contributed by atoms with van der Waals surface area (Å²) in [5, 5.41) is 4.90. The van der Waals surface area contributed by atoms with Crippen LogP contribution in [0.15, 0.2) is 36.4 Å². The van der Waals surface area contributed by atoms with E-state index in [1.54, 1.807) is 12.1 Å². The minimum Gasteiger partial charge on any atom is -0.495 e. The SMILES string of the molecule is COc1ccc(C)cc1NC(=O)C1(C(=O)Nc2c(F)cccc2F)CC1. The highest BCUT2D eigenvalue weighted by Gasteiger charge is 2.57. The van der Waals surface area contributed by atoms with Gasteiger partial charge in [0.25, 0.3) is 0 Å². The fourth-order valence-corrected chi connectivity index (χ4v) is 2.69. The summed E-state index contributed by atoms with van der Waals surface area (Å²) in [6.07, 6.45) is 0.601. The topological polar surface area (TPSA) is 67.4 Å². The molecule has 7 heteroatoms. The van der Waals surface area contributed by atoms with Crippen LogP contribution in [0.25, 0.3) is 0 Å². The molecule has 2 aromatic carbocycles. The monoisotopic (exact) mass is 360 g/mol. The molecule has 0 bridgehead atoms. The van der Waals surface area contributed by atoms with Crippen molar-refractivity contribution in [1.29, 1.82) is 0 Å². The molecule has 0 aliphatic heterocycles. The van der Waals surface area contributed by atoms with Crippen LogP contribution in [0, 0.1) is 24.0 Å². The number of rotatable bonds is 5. The van der Waals surface area contributed by atoms with Gasteiger partial charge in [-0.1, -0.05) is 12.1 Å².